The van der Waals surface area contributed by atoms with Crippen molar-refractivity contribution in [1.82, 2.24) is 0 Å². The third kappa shape index (κ3) is 8.23. The molecule has 0 saturated carbocycles. The van der Waals surface area contributed by atoms with E-state index in [2.05, 4.69) is 41.5 Å². The first-order valence-electron chi connectivity index (χ1n) is 13.8. The van der Waals surface area contributed by atoms with Crippen LogP contribution in [0.2, 0.25) is 0 Å². The van der Waals surface area contributed by atoms with E-state index < -0.39 is 6.10 Å². The fraction of sp³-hybridized carbons (Fsp3) is 0.576. The summed E-state index contributed by atoms with van der Waals surface area (Å²) in [7, 11) is 0. The zero-order valence-electron chi connectivity index (χ0n) is 25.8. The third-order valence-corrected chi connectivity index (χ3v) is 7.39. The lowest BCUT2D eigenvalue weighted by Crippen LogP contribution is -2.23. The first kappa shape index (κ1) is 32.2. The van der Waals surface area contributed by atoms with Crippen LogP contribution in [0.15, 0.2) is 12.1 Å². The Kier molecular flexibility index (Phi) is 10.3. The van der Waals surface area contributed by atoms with Crippen molar-refractivity contribution in [3.05, 3.63) is 56.6 Å². The topological polar surface area (TPSA) is 93.1 Å². The molecule has 0 aliphatic carbocycles. The molecule has 0 spiro atoms. The first-order valence-corrected chi connectivity index (χ1v) is 13.8. The van der Waals surface area contributed by atoms with Gasteiger partial charge in [-0.25, -0.2) is 0 Å². The quantitative estimate of drug-likeness (QED) is 0.334. The molecule has 216 valence electrons. The van der Waals surface area contributed by atoms with Gasteiger partial charge in [-0.15, -0.1) is 0 Å². The van der Waals surface area contributed by atoms with Crippen LogP contribution >= 0.6 is 0 Å². The minimum Gasteiger partial charge on any atom is -0.507 e. The summed E-state index contributed by atoms with van der Waals surface area (Å²) in [5, 5.41) is 21.4. The molecule has 1 atom stereocenters. The minimum absolute atomic E-state index is 0.0180. The molecule has 1 unspecified atom stereocenters. The van der Waals surface area contributed by atoms with E-state index in [1.165, 1.54) is 0 Å². The average molecular weight is 541 g/mol. The monoisotopic (exact) mass is 540 g/mol. The van der Waals surface area contributed by atoms with Crippen molar-refractivity contribution in [3.8, 4) is 11.5 Å². The molecule has 0 bridgehead atoms. The van der Waals surface area contributed by atoms with Crippen LogP contribution in [0.1, 0.15) is 106 Å². The van der Waals surface area contributed by atoms with E-state index >= 15 is 0 Å². The molecule has 2 rings (SSSR count). The van der Waals surface area contributed by atoms with Crippen molar-refractivity contribution in [3.63, 3.8) is 0 Å². The van der Waals surface area contributed by atoms with E-state index in [0.717, 1.165) is 44.5 Å². The van der Waals surface area contributed by atoms with Crippen LogP contribution in [0.5, 0.6) is 11.5 Å². The number of benzene rings is 2. The van der Waals surface area contributed by atoms with Gasteiger partial charge in [-0.2, -0.15) is 0 Å². The standard InChI is InChI=1S/C33H48O6/c1-19-16-26(32(6,7)8)30(36)22(4)24(19)12-14-28(34)38-18-21(3)39-29(35)15-13-25-20(2)17-27(33(9,10)11)31(37)23(25)5/h16-17,21,36-37H,12-15,18H2,1-11H3. The number of hydrogen-bond donors (Lipinski definition) is 2. The lowest BCUT2D eigenvalue weighted by atomic mass is 9.82. The Bertz CT molecular complexity index is 1210. The van der Waals surface area contributed by atoms with Gasteiger partial charge in [0.25, 0.3) is 0 Å². The molecule has 2 aromatic rings. The van der Waals surface area contributed by atoms with Crippen molar-refractivity contribution >= 4 is 11.9 Å². The second kappa shape index (κ2) is 12.4. The number of phenolic OH excluding ortho intramolecular Hbond substituents is 2. The van der Waals surface area contributed by atoms with Crippen LogP contribution in [-0.4, -0.2) is 34.9 Å². The number of hydrogen-bond acceptors (Lipinski definition) is 6. The van der Waals surface area contributed by atoms with Crippen LogP contribution < -0.4 is 0 Å². The van der Waals surface area contributed by atoms with E-state index in [0.29, 0.717) is 12.8 Å². The summed E-state index contributed by atoms with van der Waals surface area (Å²) in [4.78, 5) is 24.9. The first-order chi connectivity index (χ1) is 17.8. The second-order valence-corrected chi connectivity index (χ2v) is 12.9. The molecule has 6 heteroatoms. The Morgan fingerprint density at radius 2 is 1.13 bits per heavy atom. The van der Waals surface area contributed by atoms with Crippen LogP contribution in [-0.2, 0) is 42.7 Å². The Hall–Kier alpha value is -3.02. The molecular formula is C33H48O6. The minimum atomic E-state index is -0.570. The van der Waals surface area contributed by atoms with Crippen LogP contribution in [0.25, 0.3) is 0 Å². The molecule has 0 heterocycles. The molecule has 2 aromatic carbocycles. The summed E-state index contributed by atoms with van der Waals surface area (Å²) >= 11 is 0. The van der Waals surface area contributed by atoms with E-state index in [1.54, 1.807) is 6.92 Å². The molecular weight excluding hydrogens is 492 g/mol. The van der Waals surface area contributed by atoms with Crippen LogP contribution in [0.4, 0.5) is 0 Å². The fourth-order valence-corrected chi connectivity index (χ4v) is 4.99. The van der Waals surface area contributed by atoms with Gasteiger partial charge in [0.05, 0.1) is 0 Å². The highest BCUT2D eigenvalue weighted by Crippen LogP contribution is 2.38. The Labute approximate surface area is 234 Å². The Morgan fingerprint density at radius 1 is 0.744 bits per heavy atom. The predicted molar refractivity (Wildman–Crippen MR) is 156 cm³/mol. The van der Waals surface area contributed by atoms with E-state index in [9.17, 15) is 19.8 Å². The molecule has 0 fully saturated rings. The molecule has 2 N–H and O–H groups in total. The molecule has 39 heavy (non-hydrogen) atoms. The molecule has 0 aromatic heterocycles. The number of rotatable bonds is 9. The number of aromatic hydroxyl groups is 2. The highest BCUT2D eigenvalue weighted by atomic mass is 16.6. The zero-order chi connectivity index (χ0) is 29.9. The molecule has 0 aliphatic heterocycles. The molecule has 0 amide bonds. The van der Waals surface area contributed by atoms with Gasteiger partial charge in [-0.05, 0) is 103 Å². The largest absolute Gasteiger partial charge is 0.507 e. The number of phenols is 2. The summed E-state index contributed by atoms with van der Waals surface area (Å²) in [6.45, 7) is 21.8. The van der Waals surface area contributed by atoms with Crippen LogP contribution in [0, 0.1) is 27.7 Å². The number of carbonyl (C=O) groups is 2. The summed E-state index contributed by atoms with van der Waals surface area (Å²) in [5.74, 6) is -0.195. The highest BCUT2D eigenvalue weighted by molar-refractivity contribution is 5.71. The van der Waals surface area contributed by atoms with Gasteiger partial charge in [0.2, 0.25) is 0 Å². The number of carbonyl (C=O) groups excluding carboxylic acids is 2. The van der Waals surface area contributed by atoms with Crippen molar-refractivity contribution in [2.24, 2.45) is 0 Å². The Balaban J connectivity index is 1.88. The number of esters is 2. The maximum atomic E-state index is 12.5. The average Bonchev–Trinajstić information content (AvgIpc) is 2.80. The third-order valence-electron chi connectivity index (χ3n) is 7.39. The molecule has 6 nitrogen and oxygen atoms in total. The fourth-order valence-electron chi connectivity index (χ4n) is 4.99. The van der Waals surface area contributed by atoms with Crippen molar-refractivity contribution in [2.45, 2.75) is 119 Å². The number of ether oxygens (including phenoxy) is 2. The zero-order valence-corrected chi connectivity index (χ0v) is 25.8. The Morgan fingerprint density at radius 3 is 1.51 bits per heavy atom. The normalized spacial score (nSPS) is 12.8. The summed E-state index contributed by atoms with van der Waals surface area (Å²) in [5.41, 5.74) is 6.98. The van der Waals surface area contributed by atoms with E-state index in [4.69, 9.17) is 9.47 Å². The second-order valence-electron chi connectivity index (χ2n) is 12.9. The van der Waals surface area contributed by atoms with Gasteiger partial charge in [0.15, 0.2) is 0 Å². The predicted octanol–water partition coefficient (Wildman–Crippen LogP) is 6.97. The van der Waals surface area contributed by atoms with Gasteiger partial charge in [0.1, 0.15) is 24.2 Å². The highest BCUT2D eigenvalue weighted by Gasteiger charge is 2.24. The van der Waals surface area contributed by atoms with Gasteiger partial charge in [-0.1, -0.05) is 53.7 Å². The van der Waals surface area contributed by atoms with Gasteiger partial charge < -0.3 is 19.7 Å². The molecule has 0 aliphatic rings. The SMILES string of the molecule is Cc1cc(C(C)(C)C)c(O)c(C)c1CCC(=O)OCC(C)OC(=O)CCc1c(C)cc(C(C)(C)C)c(O)c1C. The van der Waals surface area contributed by atoms with E-state index in [1.807, 2.05) is 39.8 Å². The van der Waals surface area contributed by atoms with Gasteiger partial charge in [0, 0.05) is 12.8 Å². The summed E-state index contributed by atoms with van der Waals surface area (Å²) in [6.07, 6.45) is 0.686. The molecule has 0 radical (unpaired) electrons. The summed E-state index contributed by atoms with van der Waals surface area (Å²) < 4.78 is 10.8. The maximum Gasteiger partial charge on any atom is 0.306 e. The summed E-state index contributed by atoms with van der Waals surface area (Å²) in [6, 6.07) is 3.99. The van der Waals surface area contributed by atoms with Gasteiger partial charge >= 0.3 is 11.9 Å². The number of aryl methyl sites for hydroxylation is 2. The maximum absolute atomic E-state index is 12.5. The van der Waals surface area contributed by atoms with Crippen molar-refractivity contribution in [1.29, 1.82) is 0 Å². The molecule has 0 saturated heterocycles. The van der Waals surface area contributed by atoms with Gasteiger partial charge in [-0.3, -0.25) is 9.59 Å². The lowest BCUT2D eigenvalue weighted by Gasteiger charge is -2.24. The van der Waals surface area contributed by atoms with Crippen molar-refractivity contribution in [2.75, 3.05) is 6.61 Å². The lowest BCUT2D eigenvalue weighted by molar-refractivity contribution is -0.157. The van der Waals surface area contributed by atoms with Crippen molar-refractivity contribution < 1.29 is 29.3 Å². The van der Waals surface area contributed by atoms with E-state index in [-0.39, 0.29) is 53.7 Å². The van der Waals surface area contributed by atoms with Crippen LogP contribution in [0.3, 0.4) is 0 Å². The smallest absolute Gasteiger partial charge is 0.306 e.